The van der Waals surface area contributed by atoms with Crippen LogP contribution in [0.25, 0.3) is 0 Å². The lowest BCUT2D eigenvalue weighted by Gasteiger charge is -2.37. The van der Waals surface area contributed by atoms with E-state index in [1.165, 1.54) is 5.56 Å². The summed E-state index contributed by atoms with van der Waals surface area (Å²) in [5.74, 6) is -0.00324. The van der Waals surface area contributed by atoms with Gasteiger partial charge in [0.1, 0.15) is 30.5 Å². The topological polar surface area (TPSA) is 113 Å². The van der Waals surface area contributed by atoms with Crippen LogP contribution in [0.15, 0.2) is 54.6 Å². The first kappa shape index (κ1) is 30.4. The van der Waals surface area contributed by atoms with E-state index in [2.05, 4.69) is 29.4 Å². The van der Waals surface area contributed by atoms with Gasteiger partial charge in [0, 0.05) is 18.5 Å². The molecule has 1 spiro atoms. The molecule has 3 aliphatic rings. The second-order valence-electron chi connectivity index (χ2n) is 12.4. The SMILES string of the molecule is COc1ccc2c3c1O[C@H]1C[C@H](OC(=O)[C@@H](CC(=O)OCc4ccccc4)NC(=O)OC(C)(C)C)C=C[C@@]31CCN(C)C2. The van der Waals surface area contributed by atoms with E-state index in [9.17, 15) is 14.4 Å². The fraction of sp³-hybridized carbons (Fsp3) is 0.485. The van der Waals surface area contributed by atoms with E-state index in [1.54, 1.807) is 27.9 Å². The number of alkyl carbamates (subject to hydrolysis) is 1. The van der Waals surface area contributed by atoms with E-state index < -0.39 is 42.2 Å². The molecule has 1 aliphatic carbocycles. The molecule has 0 radical (unpaired) electrons. The van der Waals surface area contributed by atoms with E-state index in [-0.39, 0.29) is 18.1 Å². The molecule has 2 aliphatic heterocycles. The fourth-order valence-corrected chi connectivity index (χ4v) is 5.99. The zero-order valence-electron chi connectivity index (χ0n) is 25.4. The summed E-state index contributed by atoms with van der Waals surface area (Å²) in [6.07, 6.45) is 3.08. The molecule has 2 aromatic carbocycles. The number of rotatable bonds is 8. The molecule has 43 heavy (non-hydrogen) atoms. The van der Waals surface area contributed by atoms with Gasteiger partial charge in [-0.15, -0.1) is 0 Å². The van der Waals surface area contributed by atoms with E-state index in [1.807, 2.05) is 42.5 Å². The van der Waals surface area contributed by atoms with Gasteiger partial charge in [-0.1, -0.05) is 42.5 Å². The van der Waals surface area contributed by atoms with Crippen LogP contribution in [-0.2, 0) is 42.4 Å². The van der Waals surface area contributed by atoms with Crippen molar-refractivity contribution in [3.8, 4) is 11.5 Å². The average Bonchev–Trinajstić information content (AvgIpc) is 3.21. The summed E-state index contributed by atoms with van der Waals surface area (Å²) >= 11 is 0. The molecule has 0 aromatic heterocycles. The molecule has 4 atom stereocenters. The predicted molar refractivity (Wildman–Crippen MR) is 158 cm³/mol. The second-order valence-corrected chi connectivity index (χ2v) is 12.4. The molecule has 10 nitrogen and oxygen atoms in total. The molecule has 2 heterocycles. The Kier molecular flexibility index (Phi) is 8.69. The highest BCUT2D eigenvalue weighted by Gasteiger charge is 2.53. The first-order valence-corrected chi connectivity index (χ1v) is 14.6. The number of hydrogen-bond acceptors (Lipinski definition) is 9. The van der Waals surface area contributed by atoms with Gasteiger partial charge in [-0.05, 0) is 64.1 Å². The van der Waals surface area contributed by atoms with Gasteiger partial charge in [-0.25, -0.2) is 9.59 Å². The van der Waals surface area contributed by atoms with Crippen LogP contribution in [0.5, 0.6) is 11.5 Å². The van der Waals surface area contributed by atoms with Crippen molar-refractivity contribution in [3.63, 3.8) is 0 Å². The molecule has 0 saturated carbocycles. The largest absolute Gasteiger partial charge is 0.493 e. The highest BCUT2D eigenvalue weighted by molar-refractivity contribution is 5.86. The molecule has 1 N–H and O–H groups in total. The third-order valence-corrected chi connectivity index (χ3v) is 7.99. The molecule has 0 bridgehead atoms. The number of amides is 1. The van der Waals surface area contributed by atoms with Gasteiger partial charge in [-0.2, -0.15) is 0 Å². The van der Waals surface area contributed by atoms with E-state index in [0.29, 0.717) is 12.2 Å². The molecule has 0 saturated heterocycles. The average molecular weight is 593 g/mol. The minimum atomic E-state index is -1.30. The smallest absolute Gasteiger partial charge is 0.408 e. The van der Waals surface area contributed by atoms with Crippen LogP contribution in [0.2, 0.25) is 0 Å². The first-order valence-electron chi connectivity index (χ1n) is 14.6. The number of esters is 2. The normalized spacial score (nSPS) is 23.1. The van der Waals surface area contributed by atoms with Crippen molar-refractivity contribution >= 4 is 18.0 Å². The summed E-state index contributed by atoms with van der Waals surface area (Å²) < 4.78 is 28.7. The summed E-state index contributed by atoms with van der Waals surface area (Å²) in [6, 6.07) is 11.9. The van der Waals surface area contributed by atoms with E-state index in [4.69, 9.17) is 23.7 Å². The second kappa shape index (κ2) is 12.3. The highest BCUT2D eigenvalue weighted by Crippen LogP contribution is 2.55. The van der Waals surface area contributed by atoms with Crippen molar-refractivity contribution in [1.29, 1.82) is 0 Å². The maximum atomic E-state index is 13.4. The van der Waals surface area contributed by atoms with Gasteiger partial charge >= 0.3 is 18.0 Å². The van der Waals surface area contributed by atoms with E-state index in [0.717, 1.165) is 36.4 Å². The number of nitrogens with one attached hydrogen (secondary N) is 1. The van der Waals surface area contributed by atoms with Crippen LogP contribution >= 0.6 is 0 Å². The molecule has 0 fully saturated rings. The molecular formula is C33H40N2O8. The minimum absolute atomic E-state index is 0.0432. The molecule has 1 amide bonds. The number of benzene rings is 2. The predicted octanol–water partition coefficient (Wildman–Crippen LogP) is 4.43. The zero-order chi connectivity index (χ0) is 30.8. The monoisotopic (exact) mass is 592 g/mol. The molecule has 0 unspecified atom stereocenters. The Bertz CT molecular complexity index is 1390. The van der Waals surface area contributed by atoms with Crippen LogP contribution in [0.3, 0.4) is 0 Å². The van der Waals surface area contributed by atoms with Crippen LogP contribution in [-0.4, -0.2) is 67.5 Å². The number of ether oxygens (including phenoxy) is 5. The lowest BCUT2D eigenvalue weighted by molar-refractivity contribution is -0.156. The lowest BCUT2D eigenvalue weighted by Crippen LogP contribution is -2.48. The summed E-state index contributed by atoms with van der Waals surface area (Å²) in [5, 5.41) is 2.50. The van der Waals surface area contributed by atoms with Gasteiger partial charge < -0.3 is 33.9 Å². The highest BCUT2D eigenvalue weighted by atomic mass is 16.6. The van der Waals surface area contributed by atoms with Crippen LogP contribution < -0.4 is 14.8 Å². The zero-order valence-corrected chi connectivity index (χ0v) is 25.4. The third kappa shape index (κ3) is 6.80. The maximum absolute atomic E-state index is 13.4. The van der Waals surface area contributed by atoms with Crippen molar-refractivity contribution in [2.75, 3.05) is 20.7 Å². The van der Waals surface area contributed by atoms with Gasteiger partial charge in [0.15, 0.2) is 11.5 Å². The molecule has 2 aromatic rings. The Morgan fingerprint density at radius 3 is 2.63 bits per heavy atom. The number of nitrogens with zero attached hydrogens (tertiary/aromatic N) is 1. The summed E-state index contributed by atoms with van der Waals surface area (Å²) in [5.41, 5.74) is 1.96. The standard InChI is InChI=1S/C33H40N2O8/c1-32(2,3)43-31(38)34-24(18-27(36)40-20-21-9-7-6-8-10-21)30(37)41-23-13-14-33-15-16-35(4)19-22-11-12-25(39-5)29(28(22)33)42-26(33)17-23/h6-14,23-24,26H,15-20H2,1-5H3,(H,34,38)/t23-,24-,26+,33+/m1/s1. The number of methoxy groups -OCH3 is 1. The summed E-state index contributed by atoms with van der Waals surface area (Å²) in [7, 11) is 3.73. The van der Waals surface area contributed by atoms with E-state index >= 15 is 0 Å². The molecule has 5 rings (SSSR count). The van der Waals surface area contributed by atoms with Gasteiger partial charge in [-0.3, -0.25) is 4.79 Å². The molecular weight excluding hydrogens is 552 g/mol. The first-order chi connectivity index (χ1) is 20.5. The molecule has 230 valence electrons. The number of carbonyl (C=O) groups excluding carboxylic acids is 3. The Balaban J connectivity index is 1.31. The van der Waals surface area contributed by atoms with Crippen molar-refractivity contribution in [2.45, 2.75) is 82.5 Å². The lowest BCUT2D eigenvalue weighted by atomic mass is 9.69. The van der Waals surface area contributed by atoms with Crippen LogP contribution in [0.4, 0.5) is 4.79 Å². The quantitative estimate of drug-likeness (QED) is 0.270. The van der Waals surface area contributed by atoms with Crippen LogP contribution in [0.1, 0.15) is 56.7 Å². The summed E-state index contributed by atoms with van der Waals surface area (Å²) in [6.45, 7) is 6.85. The van der Waals surface area contributed by atoms with Crippen molar-refractivity contribution < 1.29 is 38.1 Å². The minimum Gasteiger partial charge on any atom is -0.493 e. The van der Waals surface area contributed by atoms with Gasteiger partial charge in [0.05, 0.1) is 18.9 Å². The summed E-state index contributed by atoms with van der Waals surface area (Å²) in [4.78, 5) is 41.1. The van der Waals surface area contributed by atoms with Gasteiger partial charge in [0.25, 0.3) is 0 Å². The van der Waals surface area contributed by atoms with Gasteiger partial charge in [0.2, 0.25) is 0 Å². The third-order valence-electron chi connectivity index (χ3n) is 7.99. The fourth-order valence-electron chi connectivity index (χ4n) is 5.99. The Morgan fingerprint density at radius 1 is 1.14 bits per heavy atom. The Labute approximate surface area is 252 Å². The number of carbonyl (C=O) groups is 3. The maximum Gasteiger partial charge on any atom is 0.408 e. The Morgan fingerprint density at radius 2 is 1.91 bits per heavy atom. The van der Waals surface area contributed by atoms with Crippen molar-refractivity contribution in [2.24, 2.45) is 0 Å². The number of hydrogen-bond donors (Lipinski definition) is 1. The van der Waals surface area contributed by atoms with Crippen molar-refractivity contribution in [1.82, 2.24) is 10.2 Å². The van der Waals surface area contributed by atoms with Crippen molar-refractivity contribution in [3.05, 3.63) is 71.3 Å². The van der Waals surface area contributed by atoms with Crippen LogP contribution in [0, 0.1) is 0 Å². The Hall–Kier alpha value is -4.05. The molecule has 10 heteroatoms.